The van der Waals surface area contributed by atoms with E-state index in [1.165, 1.54) is 42.0 Å². The van der Waals surface area contributed by atoms with Crippen LogP contribution in [0.3, 0.4) is 0 Å². The van der Waals surface area contributed by atoms with E-state index in [1.807, 2.05) is 0 Å². The molecule has 1 aliphatic heterocycles. The van der Waals surface area contributed by atoms with E-state index < -0.39 is 15.8 Å². The molecule has 0 saturated carbocycles. The Morgan fingerprint density at radius 1 is 1.38 bits per heavy atom. The van der Waals surface area contributed by atoms with Gasteiger partial charge in [0.1, 0.15) is 0 Å². The Morgan fingerprint density at radius 2 is 2.04 bits per heavy atom. The first-order chi connectivity index (χ1) is 11.3. The minimum atomic E-state index is -3.17. The molecule has 0 aromatic heterocycles. The van der Waals surface area contributed by atoms with Crippen LogP contribution in [-0.4, -0.2) is 51.1 Å². The van der Waals surface area contributed by atoms with Crippen LogP contribution in [0.5, 0.6) is 5.75 Å². The monoisotopic (exact) mass is 356 g/mol. The summed E-state index contributed by atoms with van der Waals surface area (Å²) < 4.78 is 42.7. The lowest BCUT2D eigenvalue weighted by Crippen LogP contribution is -2.45. The van der Waals surface area contributed by atoms with Gasteiger partial charge in [-0.15, -0.1) is 0 Å². The second kappa shape index (κ2) is 7.76. The maximum atomic E-state index is 13.6. The Labute approximate surface area is 141 Å². The van der Waals surface area contributed by atoms with E-state index in [4.69, 9.17) is 4.74 Å². The molecule has 1 aromatic carbocycles. The second-order valence-corrected chi connectivity index (χ2v) is 7.65. The van der Waals surface area contributed by atoms with Gasteiger partial charge in [-0.2, -0.15) is 0 Å². The summed E-state index contributed by atoms with van der Waals surface area (Å²) >= 11 is 0. The van der Waals surface area contributed by atoms with Crippen molar-refractivity contribution in [1.82, 2.24) is 9.62 Å². The van der Waals surface area contributed by atoms with Gasteiger partial charge in [0, 0.05) is 25.2 Å². The van der Waals surface area contributed by atoms with Gasteiger partial charge in [0.15, 0.2) is 11.6 Å². The van der Waals surface area contributed by atoms with Gasteiger partial charge in [-0.25, -0.2) is 17.1 Å². The van der Waals surface area contributed by atoms with E-state index in [1.54, 1.807) is 6.07 Å². The second-order valence-electron chi connectivity index (χ2n) is 5.67. The molecule has 0 unspecified atom stereocenters. The van der Waals surface area contributed by atoms with Crippen LogP contribution in [0.25, 0.3) is 6.08 Å². The molecule has 0 bridgehead atoms. The van der Waals surface area contributed by atoms with Crippen molar-refractivity contribution < 1.29 is 22.3 Å². The maximum Gasteiger partial charge on any atom is 0.244 e. The summed E-state index contributed by atoms with van der Waals surface area (Å²) in [4.78, 5) is 11.9. The number of carbonyl (C=O) groups is 1. The molecular formula is C16H21FN2O4S. The molecule has 2 rings (SSSR count). The molecule has 1 saturated heterocycles. The largest absolute Gasteiger partial charge is 0.494 e. The number of methoxy groups -OCH3 is 1. The molecule has 6 nitrogen and oxygen atoms in total. The number of carbonyl (C=O) groups excluding carboxylic acids is 1. The molecule has 0 atom stereocenters. The predicted molar refractivity (Wildman–Crippen MR) is 89.6 cm³/mol. The number of benzene rings is 1. The third kappa shape index (κ3) is 5.04. The highest BCUT2D eigenvalue weighted by Crippen LogP contribution is 2.18. The minimum Gasteiger partial charge on any atom is -0.494 e. The number of amides is 1. The predicted octanol–water partition coefficient (Wildman–Crippen LogP) is 1.39. The van der Waals surface area contributed by atoms with Crippen LogP contribution < -0.4 is 10.1 Å². The maximum absolute atomic E-state index is 13.6. The van der Waals surface area contributed by atoms with Crippen LogP contribution in [0.2, 0.25) is 0 Å². The van der Waals surface area contributed by atoms with E-state index in [0.717, 1.165) is 0 Å². The van der Waals surface area contributed by atoms with Gasteiger partial charge in [-0.1, -0.05) is 6.07 Å². The number of nitrogens with one attached hydrogen (secondary N) is 1. The van der Waals surface area contributed by atoms with Crippen LogP contribution in [-0.2, 0) is 14.8 Å². The lowest BCUT2D eigenvalue weighted by atomic mass is 10.1. The Balaban J connectivity index is 1.86. The summed E-state index contributed by atoms with van der Waals surface area (Å²) in [5.74, 6) is -0.633. The van der Waals surface area contributed by atoms with E-state index in [0.29, 0.717) is 31.5 Å². The third-order valence-corrected chi connectivity index (χ3v) is 5.18. The van der Waals surface area contributed by atoms with Crippen LogP contribution in [0.4, 0.5) is 4.39 Å². The summed E-state index contributed by atoms with van der Waals surface area (Å²) in [7, 11) is -1.79. The van der Waals surface area contributed by atoms with Crippen molar-refractivity contribution in [2.75, 3.05) is 26.5 Å². The van der Waals surface area contributed by atoms with Crippen LogP contribution in [0.1, 0.15) is 18.4 Å². The average molecular weight is 356 g/mol. The first-order valence-corrected chi connectivity index (χ1v) is 9.41. The van der Waals surface area contributed by atoms with Crippen molar-refractivity contribution in [1.29, 1.82) is 0 Å². The zero-order chi connectivity index (χ0) is 17.7. The number of halogens is 1. The quantitative estimate of drug-likeness (QED) is 0.809. The summed E-state index contributed by atoms with van der Waals surface area (Å²) in [6.07, 6.45) is 5.18. The molecular weight excluding hydrogens is 335 g/mol. The van der Waals surface area contributed by atoms with Crippen molar-refractivity contribution >= 4 is 22.0 Å². The number of nitrogens with zero attached hydrogens (tertiary/aromatic N) is 1. The summed E-state index contributed by atoms with van der Waals surface area (Å²) in [5, 5.41) is 2.83. The standard InChI is InChI=1S/C16H21FN2O4S/c1-23-15-5-3-12(11-14(15)17)4-6-16(20)18-13-7-9-19(10-8-13)24(2,21)22/h3-6,11,13H,7-10H2,1-2H3,(H,18,20)/b6-4+. The highest BCUT2D eigenvalue weighted by Gasteiger charge is 2.25. The van der Waals surface area contributed by atoms with Crippen molar-refractivity contribution in [3.63, 3.8) is 0 Å². The smallest absolute Gasteiger partial charge is 0.244 e. The lowest BCUT2D eigenvalue weighted by molar-refractivity contribution is -0.117. The van der Waals surface area contributed by atoms with Crippen LogP contribution in [0, 0.1) is 5.82 Å². The number of piperidine rings is 1. The Morgan fingerprint density at radius 3 is 2.58 bits per heavy atom. The fourth-order valence-electron chi connectivity index (χ4n) is 2.54. The lowest BCUT2D eigenvalue weighted by Gasteiger charge is -2.30. The fraction of sp³-hybridized carbons (Fsp3) is 0.438. The molecule has 0 radical (unpaired) electrons. The Kier molecular flexibility index (Phi) is 5.95. The van der Waals surface area contributed by atoms with Gasteiger partial charge in [-0.05, 0) is 36.6 Å². The number of hydrogen-bond acceptors (Lipinski definition) is 4. The van der Waals surface area contributed by atoms with Gasteiger partial charge in [0.05, 0.1) is 13.4 Å². The van der Waals surface area contributed by atoms with Gasteiger partial charge < -0.3 is 10.1 Å². The molecule has 1 amide bonds. The number of ether oxygens (including phenoxy) is 1. The minimum absolute atomic E-state index is 0.0623. The highest BCUT2D eigenvalue weighted by atomic mass is 32.2. The normalized spacial score (nSPS) is 17.1. The van der Waals surface area contributed by atoms with Gasteiger partial charge in [0.2, 0.25) is 15.9 Å². The molecule has 1 aromatic rings. The molecule has 1 aliphatic rings. The Bertz CT molecular complexity index is 726. The molecule has 1 heterocycles. The van der Waals surface area contributed by atoms with Crippen molar-refractivity contribution in [3.05, 3.63) is 35.7 Å². The van der Waals surface area contributed by atoms with E-state index >= 15 is 0 Å². The molecule has 1 fully saturated rings. The summed E-state index contributed by atoms with van der Waals surface area (Å²) in [6, 6.07) is 4.37. The average Bonchev–Trinajstić information content (AvgIpc) is 2.53. The van der Waals surface area contributed by atoms with Gasteiger partial charge in [0.25, 0.3) is 0 Å². The van der Waals surface area contributed by atoms with Crippen LogP contribution >= 0.6 is 0 Å². The van der Waals surface area contributed by atoms with E-state index in [9.17, 15) is 17.6 Å². The van der Waals surface area contributed by atoms with Crippen molar-refractivity contribution in [3.8, 4) is 5.75 Å². The molecule has 24 heavy (non-hydrogen) atoms. The molecule has 0 spiro atoms. The van der Waals surface area contributed by atoms with Crippen molar-refractivity contribution in [2.24, 2.45) is 0 Å². The molecule has 0 aliphatic carbocycles. The topological polar surface area (TPSA) is 75.7 Å². The zero-order valence-electron chi connectivity index (χ0n) is 13.7. The van der Waals surface area contributed by atoms with Crippen LogP contribution in [0.15, 0.2) is 24.3 Å². The van der Waals surface area contributed by atoms with Gasteiger partial charge >= 0.3 is 0 Å². The first kappa shape index (κ1) is 18.4. The summed E-state index contributed by atoms with van der Waals surface area (Å²) in [6.45, 7) is 0.800. The SMILES string of the molecule is COc1ccc(/C=C/C(=O)NC2CCN(S(C)(=O)=O)CC2)cc1F. The zero-order valence-corrected chi connectivity index (χ0v) is 14.5. The third-order valence-electron chi connectivity index (χ3n) is 3.87. The number of rotatable bonds is 5. The highest BCUT2D eigenvalue weighted by molar-refractivity contribution is 7.88. The Hall–Kier alpha value is -1.93. The molecule has 8 heteroatoms. The van der Waals surface area contributed by atoms with Gasteiger partial charge in [-0.3, -0.25) is 4.79 Å². The van der Waals surface area contributed by atoms with E-state index in [2.05, 4.69) is 5.32 Å². The van der Waals surface area contributed by atoms with Crippen molar-refractivity contribution in [2.45, 2.75) is 18.9 Å². The molecule has 132 valence electrons. The first-order valence-electron chi connectivity index (χ1n) is 7.57. The number of sulfonamides is 1. The number of hydrogen-bond donors (Lipinski definition) is 1. The fourth-order valence-corrected chi connectivity index (χ4v) is 3.41. The summed E-state index contributed by atoms with van der Waals surface area (Å²) in [5.41, 5.74) is 0.551. The van der Waals surface area contributed by atoms with E-state index in [-0.39, 0.29) is 17.7 Å². The molecule has 1 N–H and O–H groups in total.